The van der Waals surface area contributed by atoms with E-state index in [9.17, 15) is 19.2 Å². The number of carbonyl (C=O) groups excluding carboxylic acids is 3. The van der Waals surface area contributed by atoms with E-state index in [1.165, 1.54) is 6.07 Å². The van der Waals surface area contributed by atoms with Crippen LogP contribution in [0.15, 0.2) is 24.3 Å². The number of nitrogens with one attached hydrogen (secondary N) is 3. The first-order valence-electron chi connectivity index (χ1n) is 9.04. The molecule has 0 spiro atoms. The normalized spacial score (nSPS) is 23.7. The van der Waals surface area contributed by atoms with Crippen molar-refractivity contribution in [1.29, 1.82) is 0 Å². The first-order chi connectivity index (χ1) is 13.2. The molecule has 0 fully saturated rings. The van der Waals surface area contributed by atoms with Crippen LogP contribution in [0.3, 0.4) is 0 Å². The van der Waals surface area contributed by atoms with E-state index in [0.717, 1.165) is 0 Å². The van der Waals surface area contributed by atoms with Gasteiger partial charge in [-0.3, -0.25) is 19.2 Å². The van der Waals surface area contributed by atoms with Gasteiger partial charge < -0.3 is 25.8 Å². The molecule has 152 valence electrons. The molecule has 3 atom stereocenters. The monoisotopic (exact) mass is 391 g/mol. The van der Waals surface area contributed by atoms with Crippen LogP contribution in [-0.4, -0.2) is 53.5 Å². The Bertz CT molecular complexity index is 764. The van der Waals surface area contributed by atoms with Crippen molar-refractivity contribution in [3.05, 3.63) is 29.8 Å². The number of hydrogen-bond acceptors (Lipinski definition) is 5. The quantitative estimate of drug-likeness (QED) is 0.585. The molecule has 1 aromatic rings. The fourth-order valence-corrected chi connectivity index (χ4v) is 2.78. The summed E-state index contributed by atoms with van der Waals surface area (Å²) in [6, 6.07) is 3.82. The molecule has 28 heavy (non-hydrogen) atoms. The van der Waals surface area contributed by atoms with Crippen molar-refractivity contribution in [2.24, 2.45) is 5.92 Å². The third kappa shape index (κ3) is 5.45. The highest BCUT2D eigenvalue weighted by Gasteiger charge is 2.31. The number of aliphatic carboxylic acids is 1. The van der Waals surface area contributed by atoms with E-state index in [4.69, 9.17) is 9.84 Å². The van der Waals surface area contributed by atoms with Crippen LogP contribution in [0.2, 0.25) is 0 Å². The van der Waals surface area contributed by atoms with Gasteiger partial charge in [0.05, 0.1) is 18.0 Å². The molecule has 4 N–H and O–H groups in total. The Labute approximate surface area is 162 Å². The molecule has 0 saturated heterocycles. The van der Waals surface area contributed by atoms with Crippen molar-refractivity contribution in [3.8, 4) is 5.75 Å². The molecule has 9 nitrogen and oxygen atoms in total. The molecule has 0 radical (unpaired) electrons. The van der Waals surface area contributed by atoms with Crippen LogP contribution in [0.25, 0.3) is 0 Å². The minimum absolute atomic E-state index is 0.118. The molecule has 0 bridgehead atoms. The second kappa shape index (κ2) is 9.20. The summed E-state index contributed by atoms with van der Waals surface area (Å²) in [7, 11) is 0. The SMILES string of the molecule is CC(C)[C@@H]1NC(=O)[C@H](CC(=O)O)NC(=O)c2ccccc2OC[C@H](C)NC1=O. The fraction of sp³-hybridized carbons (Fsp3) is 0.474. The van der Waals surface area contributed by atoms with Gasteiger partial charge in [0, 0.05) is 0 Å². The lowest BCUT2D eigenvalue weighted by molar-refractivity contribution is -0.140. The molecule has 0 saturated carbocycles. The van der Waals surface area contributed by atoms with Crippen LogP contribution in [0.5, 0.6) is 5.75 Å². The highest BCUT2D eigenvalue weighted by Crippen LogP contribution is 2.19. The molecular formula is C19H25N3O6. The molecule has 0 aliphatic carbocycles. The van der Waals surface area contributed by atoms with E-state index >= 15 is 0 Å². The van der Waals surface area contributed by atoms with Crippen LogP contribution >= 0.6 is 0 Å². The summed E-state index contributed by atoms with van der Waals surface area (Å²) in [6.45, 7) is 5.37. The number of benzene rings is 1. The smallest absolute Gasteiger partial charge is 0.305 e. The van der Waals surface area contributed by atoms with Gasteiger partial charge in [-0.05, 0) is 25.0 Å². The third-order valence-electron chi connectivity index (χ3n) is 4.26. The van der Waals surface area contributed by atoms with Crippen LogP contribution < -0.4 is 20.7 Å². The summed E-state index contributed by atoms with van der Waals surface area (Å²) < 4.78 is 5.67. The van der Waals surface area contributed by atoms with E-state index in [1.807, 2.05) is 0 Å². The van der Waals surface area contributed by atoms with E-state index in [-0.39, 0.29) is 29.9 Å². The molecule has 0 aromatic heterocycles. The zero-order valence-electron chi connectivity index (χ0n) is 16.0. The van der Waals surface area contributed by atoms with Gasteiger partial charge in [-0.2, -0.15) is 0 Å². The minimum atomic E-state index is -1.34. The van der Waals surface area contributed by atoms with E-state index in [1.54, 1.807) is 39.0 Å². The topological polar surface area (TPSA) is 134 Å². The van der Waals surface area contributed by atoms with Crippen LogP contribution in [-0.2, 0) is 14.4 Å². The molecule has 1 aliphatic heterocycles. The summed E-state index contributed by atoms with van der Waals surface area (Å²) in [5, 5.41) is 16.9. The minimum Gasteiger partial charge on any atom is -0.491 e. The van der Waals surface area contributed by atoms with Gasteiger partial charge in [0.15, 0.2) is 0 Å². The van der Waals surface area contributed by atoms with Gasteiger partial charge in [-0.25, -0.2) is 0 Å². The number of carboxylic acids is 1. The van der Waals surface area contributed by atoms with Crippen molar-refractivity contribution >= 4 is 23.7 Å². The summed E-state index contributed by atoms with van der Waals surface area (Å²) in [5.41, 5.74) is 0.170. The lowest BCUT2D eigenvalue weighted by Gasteiger charge is -2.25. The standard InChI is InChI=1S/C19H25N3O6/c1-10(2)16-19(27)20-11(3)9-28-14-7-5-4-6-12(14)17(25)21-13(8-15(23)24)18(26)22-16/h4-7,10-11,13,16H,8-9H2,1-3H3,(H,20,27)(H,21,25)(H,22,26)(H,23,24)/t11-,13-,16-/m0/s1. The van der Waals surface area contributed by atoms with Crippen LogP contribution in [0.4, 0.5) is 0 Å². The number of rotatable bonds is 3. The van der Waals surface area contributed by atoms with E-state index in [2.05, 4.69) is 16.0 Å². The maximum Gasteiger partial charge on any atom is 0.305 e. The van der Waals surface area contributed by atoms with Crippen molar-refractivity contribution < 1.29 is 29.0 Å². The Kier molecular flexibility index (Phi) is 6.97. The Morgan fingerprint density at radius 2 is 1.82 bits per heavy atom. The number of amides is 3. The number of carbonyl (C=O) groups is 4. The average Bonchev–Trinajstić information content (AvgIpc) is 2.62. The van der Waals surface area contributed by atoms with Crippen LogP contribution in [0.1, 0.15) is 37.6 Å². The van der Waals surface area contributed by atoms with Crippen molar-refractivity contribution in [2.75, 3.05) is 6.61 Å². The molecule has 1 aliphatic rings. The zero-order chi connectivity index (χ0) is 20.8. The lowest BCUT2D eigenvalue weighted by atomic mass is 10.0. The number of hydrogen-bond donors (Lipinski definition) is 4. The Morgan fingerprint density at radius 1 is 1.14 bits per heavy atom. The number of para-hydroxylation sites is 1. The van der Waals surface area contributed by atoms with Gasteiger partial charge >= 0.3 is 5.97 Å². The van der Waals surface area contributed by atoms with Gasteiger partial charge in [0.25, 0.3) is 5.91 Å². The van der Waals surface area contributed by atoms with Gasteiger partial charge in [-0.1, -0.05) is 26.0 Å². The molecule has 0 unspecified atom stereocenters. The molecular weight excluding hydrogens is 366 g/mol. The zero-order valence-corrected chi connectivity index (χ0v) is 16.0. The number of fused-ring (bicyclic) bond motifs is 1. The molecule has 2 rings (SSSR count). The highest BCUT2D eigenvalue weighted by atomic mass is 16.5. The summed E-state index contributed by atoms with van der Waals surface area (Å²) in [4.78, 5) is 49.1. The molecule has 3 amide bonds. The van der Waals surface area contributed by atoms with E-state index < -0.39 is 42.2 Å². The first kappa shape index (κ1) is 21.2. The van der Waals surface area contributed by atoms with Crippen LogP contribution in [0, 0.1) is 5.92 Å². The Balaban J connectivity index is 2.41. The Morgan fingerprint density at radius 3 is 2.46 bits per heavy atom. The predicted octanol–water partition coefficient (Wildman–Crippen LogP) is 0.298. The first-order valence-corrected chi connectivity index (χ1v) is 9.04. The Hall–Kier alpha value is -3.10. The van der Waals surface area contributed by atoms with Gasteiger partial charge in [-0.15, -0.1) is 0 Å². The molecule has 9 heteroatoms. The summed E-state index contributed by atoms with van der Waals surface area (Å²) >= 11 is 0. The lowest BCUT2D eigenvalue weighted by Crippen LogP contribution is -2.56. The van der Waals surface area contributed by atoms with Crippen molar-refractivity contribution in [1.82, 2.24) is 16.0 Å². The molecule has 1 aromatic carbocycles. The second-order valence-corrected chi connectivity index (χ2v) is 7.07. The van der Waals surface area contributed by atoms with Crippen molar-refractivity contribution in [3.63, 3.8) is 0 Å². The maximum absolute atomic E-state index is 12.7. The highest BCUT2D eigenvalue weighted by molar-refractivity contribution is 6.01. The third-order valence-corrected chi connectivity index (χ3v) is 4.26. The predicted molar refractivity (Wildman–Crippen MR) is 99.8 cm³/mol. The van der Waals surface area contributed by atoms with Crippen molar-refractivity contribution in [2.45, 2.75) is 45.3 Å². The number of ether oxygens (including phenoxy) is 1. The molecule has 1 heterocycles. The average molecular weight is 391 g/mol. The fourth-order valence-electron chi connectivity index (χ4n) is 2.78. The summed E-state index contributed by atoms with van der Waals surface area (Å²) in [5.74, 6) is -3.02. The van der Waals surface area contributed by atoms with E-state index in [0.29, 0.717) is 0 Å². The van der Waals surface area contributed by atoms with Gasteiger partial charge in [0.2, 0.25) is 11.8 Å². The second-order valence-electron chi connectivity index (χ2n) is 7.07. The maximum atomic E-state index is 12.7. The summed E-state index contributed by atoms with van der Waals surface area (Å²) in [6.07, 6.45) is -0.622. The number of carboxylic acid groups (broad SMARTS) is 1. The van der Waals surface area contributed by atoms with Gasteiger partial charge in [0.1, 0.15) is 24.4 Å². The largest absolute Gasteiger partial charge is 0.491 e.